The highest BCUT2D eigenvalue weighted by molar-refractivity contribution is 9.10. The molecule has 0 aromatic heterocycles. The summed E-state index contributed by atoms with van der Waals surface area (Å²) in [6.07, 6.45) is 0. The van der Waals surface area contributed by atoms with E-state index in [4.69, 9.17) is 9.47 Å². The first-order valence-electron chi connectivity index (χ1n) is 5.79. The fourth-order valence-electron chi connectivity index (χ4n) is 1.81. The summed E-state index contributed by atoms with van der Waals surface area (Å²) in [6, 6.07) is 9.31. The summed E-state index contributed by atoms with van der Waals surface area (Å²) >= 11 is 3.07. The molecule has 0 aliphatic rings. The third-order valence-electron chi connectivity index (χ3n) is 2.84. The molecule has 104 valence electrons. The second kappa shape index (κ2) is 6.05. The quantitative estimate of drug-likeness (QED) is 0.794. The van der Waals surface area contributed by atoms with Crippen LogP contribution in [-0.2, 0) is 0 Å². The van der Waals surface area contributed by atoms with Crippen LogP contribution in [0, 0.1) is 5.82 Å². The van der Waals surface area contributed by atoms with Crippen LogP contribution in [0.15, 0.2) is 40.9 Å². The average Bonchev–Trinajstić information content (AvgIpc) is 2.48. The lowest BCUT2D eigenvalue weighted by atomic mass is 10.0. The van der Waals surface area contributed by atoms with Gasteiger partial charge in [0, 0.05) is 5.56 Å². The molecule has 3 nitrogen and oxygen atoms in total. The topological polar surface area (TPSA) is 35.5 Å². The van der Waals surface area contributed by atoms with E-state index in [9.17, 15) is 9.18 Å². The van der Waals surface area contributed by atoms with E-state index >= 15 is 0 Å². The maximum absolute atomic E-state index is 13.9. The van der Waals surface area contributed by atoms with Gasteiger partial charge in [-0.05, 0) is 46.3 Å². The van der Waals surface area contributed by atoms with Crippen molar-refractivity contribution in [2.24, 2.45) is 0 Å². The SMILES string of the molecule is COc1ccc(C(=O)c2cccc(Br)c2F)cc1OC. The smallest absolute Gasteiger partial charge is 0.196 e. The molecule has 0 unspecified atom stereocenters. The summed E-state index contributed by atoms with van der Waals surface area (Å²) in [5.74, 6) is -0.0513. The molecule has 2 aromatic rings. The summed E-state index contributed by atoms with van der Waals surface area (Å²) in [5, 5.41) is 0. The zero-order valence-electron chi connectivity index (χ0n) is 10.9. The molecule has 0 N–H and O–H groups in total. The van der Waals surface area contributed by atoms with Crippen LogP contribution >= 0.6 is 15.9 Å². The van der Waals surface area contributed by atoms with E-state index in [-0.39, 0.29) is 10.0 Å². The number of carbonyl (C=O) groups is 1. The minimum atomic E-state index is -0.577. The number of ketones is 1. The molecule has 0 saturated heterocycles. The van der Waals surface area contributed by atoms with Crippen LogP contribution in [-0.4, -0.2) is 20.0 Å². The molecule has 0 fully saturated rings. The molecule has 0 spiro atoms. The van der Waals surface area contributed by atoms with Crippen molar-refractivity contribution in [2.45, 2.75) is 0 Å². The third-order valence-corrected chi connectivity index (χ3v) is 3.45. The number of methoxy groups -OCH3 is 2. The van der Waals surface area contributed by atoms with Gasteiger partial charge in [0.2, 0.25) is 0 Å². The van der Waals surface area contributed by atoms with Crippen LogP contribution in [0.3, 0.4) is 0 Å². The van der Waals surface area contributed by atoms with Crippen molar-refractivity contribution in [2.75, 3.05) is 14.2 Å². The van der Waals surface area contributed by atoms with E-state index in [2.05, 4.69) is 15.9 Å². The summed E-state index contributed by atoms with van der Waals surface area (Å²) in [5.41, 5.74) is 0.339. The summed E-state index contributed by atoms with van der Waals surface area (Å²) in [7, 11) is 2.99. The van der Waals surface area contributed by atoms with Crippen LogP contribution in [0.25, 0.3) is 0 Å². The van der Waals surface area contributed by atoms with Crippen molar-refractivity contribution in [1.29, 1.82) is 0 Å². The van der Waals surface area contributed by atoms with Gasteiger partial charge >= 0.3 is 0 Å². The number of ether oxygens (including phenoxy) is 2. The predicted octanol–water partition coefficient (Wildman–Crippen LogP) is 3.84. The lowest BCUT2D eigenvalue weighted by Crippen LogP contribution is -2.05. The molecule has 0 heterocycles. The average molecular weight is 339 g/mol. The monoisotopic (exact) mass is 338 g/mol. The first-order valence-corrected chi connectivity index (χ1v) is 6.58. The van der Waals surface area contributed by atoms with Gasteiger partial charge in [0.05, 0.1) is 24.3 Å². The molecule has 0 saturated carbocycles. The Morgan fingerprint density at radius 3 is 2.45 bits per heavy atom. The van der Waals surface area contributed by atoms with E-state index in [1.807, 2.05) is 0 Å². The highest BCUT2D eigenvalue weighted by atomic mass is 79.9. The van der Waals surface area contributed by atoms with Crippen molar-refractivity contribution in [3.8, 4) is 11.5 Å². The van der Waals surface area contributed by atoms with E-state index in [0.717, 1.165) is 0 Å². The molecule has 20 heavy (non-hydrogen) atoms. The van der Waals surface area contributed by atoms with Crippen LogP contribution in [0.5, 0.6) is 11.5 Å². The molecular formula is C15H12BrFO3. The van der Waals surface area contributed by atoms with Crippen LogP contribution in [0.1, 0.15) is 15.9 Å². The number of hydrogen-bond donors (Lipinski definition) is 0. The fraction of sp³-hybridized carbons (Fsp3) is 0.133. The van der Waals surface area contributed by atoms with Crippen molar-refractivity contribution >= 4 is 21.7 Å². The molecule has 0 bridgehead atoms. The normalized spacial score (nSPS) is 10.2. The van der Waals surface area contributed by atoms with Crippen molar-refractivity contribution < 1.29 is 18.7 Å². The Morgan fingerprint density at radius 1 is 1.10 bits per heavy atom. The van der Waals surface area contributed by atoms with Gasteiger partial charge in [-0.1, -0.05) is 6.07 Å². The standard InChI is InChI=1S/C15H12BrFO3/c1-19-12-7-6-9(8-13(12)20-2)15(18)10-4-3-5-11(16)14(10)17/h3-8H,1-2H3. The lowest BCUT2D eigenvalue weighted by Gasteiger charge is -2.09. The van der Waals surface area contributed by atoms with E-state index in [1.54, 1.807) is 24.3 Å². The second-order valence-corrected chi connectivity index (χ2v) is 4.85. The Bertz CT molecular complexity index is 656. The minimum absolute atomic E-state index is 0.00611. The fourth-order valence-corrected chi connectivity index (χ4v) is 2.18. The molecular weight excluding hydrogens is 327 g/mol. The number of hydrogen-bond acceptors (Lipinski definition) is 3. The zero-order chi connectivity index (χ0) is 14.7. The maximum atomic E-state index is 13.9. The summed E-state index contributed by atoms with van der Waals surface area (Å²) in [6.45, 7) is 0. The van der Waals surface area contributed by atoms with Gasteiger partial charge in [0.1, 0.15) is 5.82 Å². The molecule has 0 radical (unpaired) electrons. The lowest BCUT2D eigenvalue weighted by molar-refractivity contribution is 0.103. The van der Waals surface area contributed by atoms with E-state index < -0.39 is 11.6 Å². The van der Waals surface area contributed by atoms with Gasteiger partial charge in [-0.3, -0.25) is 4.79 Å². The minimum Gasteiger partial charge on any atom is -0.493 e. The van der Waals surface area contributed by atoms with Crippen molar-refractivity contribution in [3.05, 3.63) is 57.8 Å². The summed E-state index contributed by atoms with van der Waals surface area (Å²) in [4.78, 5) is 12.3. The Balaban J connectivity index is 2.46. The van der Waals surface area contributed by atoms with Gasteiger partial charge in [-0.25, -0.2) is 4.39 Å². The molecule has 2 aromatic carbocycles. The Labute approximate surface area is 124 Å². The van der Waals surface area contributed by atoms with Crippen LogP contribution < -0.4 is 9.47 Å². The first kappa shape index (κ1) is 14.5. The Hall–Kier alpha value is -1.88. The number of benzene rings is 2. The Kier molecular flexibility index (Phi) is 4.39. The largest absolute Gasteiger partial charge is 0.493 e. The van der Waals surface area contributed by atoms with Gasteiger partial charge in [-0.15, -0.1) is 0 Å². The molecule has 0 amide bonds. The van der Waals surface area contributed by atoms with Crippen LogP contribution in [0.2, 0.25) is 0 Å². The second-order valence-electron chi connectivity index (χ2n) is 4.00. The van der Waals surface area contributed by atoms with Gasteiger partial charge in [0.25, 0.3) is 0 Å². The molecule has 5 heteroatoms. The first-order chi connectivity index (χ1) is 9.58. The van der Waals surface area contributed by atoms with Crippen molar-refractivity contribution in [1.82, 2.24) is 0 Å². The van der Waals surface area contributed by atoms with Crippen LogP contribution in [0.4, 0.5) is 4.39 Å². The Morgan fingerprint density at radius 2 is 1.80 bits per heavy atom. The zero-order valence-corrected chi connectivity index (χ0v) is 12.5. The van der Waals surface area contributed by atoms with E-state index in [1.165, 1.54) is 26.4 Å². The molecule has 0 atom stereocenters. The number of carbonyl (C=O) groups excluding carboxylic acids is 1. The molecule has 2 rings (SSSR count). The highest BCUT2D eigenvalue weighted by Crippen LogP contribution is 2.29. The predicted molar refractivity (Wildman–Crippen MR) is 77.1 cm³/mol. The van der Waals surface area contributed by atoms with E-state index in [0.29, 0.717) is 17.1 Å². The number of rotatable bonds is 4. The molecule has 0 aliphatic heterocycles. The maximum Gasteiger partial charge on any atom is 0.196 e. The van der Waals surface area contributed by atoms with Gasteiger partial charge < -0.3 is 9.47 Å². The van der Waals surface area contributed by atoms with Gasteiger partial charge in [0.15, 0.2) is 17.3 Å². The highest BCUT2D eigenvalue weighted by Gasteiger charge is 2.17. The summed E-state index contributed by atoms with van der Waals surface area (Å²) < 4.78 is 24.4. The number of halogens is 2. The molecule has 0 aliphatic carbocycles. The van der Waals surface area contributed by atoms with Crippen molar-refractivity contribution in [3.63, 3.8) is 0 Å². The third kappa shape index (κ3) is 2.67. The van der Waals surface area contributed by atoms with Gasteiger partial charge in [-0.2, -0.15) is 0 Å².